The monoisotopic (exact) mass is 505 g/mol. The molecule has 1 aliphatic rings. The van der Waals surface area contributed by atoms with Gasteiger partial charge >= 0.3 is 0 Å². The second kappa shape index (κ2) is 13.6. The van der Waals surface area contributed by atoms with Gasteiger partial charge in [0.1, 0.15) is 11.8 Å². The third-order valence-corrected chi connectivity index (χ3v) is 6.78. The molecule has 184 valence electrons. The van der Waals surface area contributed by atoms with Crippen LogP contribution in [0, 0.1) is 0 Å². The Labute approximate surface area is 210 Å². The van der Waals surface area contributed by atoms with Crippen molar-refractivity contribution in [1.82, 2.24) is 15.5 Å². The highest BCUT2D eigenvalue weighted by atomic mass is 35.5. The molecular weight excluding hydrogens is 474 g/mol. The van der Waals surface area contributed by atoms with Crippen LogP contribution in [0.5, 0.6) is 5.75 Å². The van der Waals surface area contributed by atoms with Gasteiger partial charge in [-0.25, -0.2) is 0 Å². The smallest absolute Gasteiger partial charge is 0.253 e. The maximum atomic E-state index is 13.2. The molecule has 0 saturated carbocycles. The highest BCUT2D eigenvalue weighted by Crippen LogP contribution is 2.24. The molecule has 0 unspecified atom stereocenters. The lowest BCUT2D eigenvalue weighted by Gasteiger charge is -2.35. The fourth-order valence-corrected chi connectivity index (χ4v) is 4.57. The zero-order chi connectivity index (χ0) is 24.3. The minimum Gasteiger partial charge on any atom is -0.497 e. The molecule has 1 aliphatic heterocycles. The van der Waals surface area contributed by atoms with E-state index in [1.807, 2.05) is 30.5 Å². The number of carbonyl (C=O) groups excluding carboxylic acids is 2. The zero-order valence-electron chi connectivity index (χ0n) is 19.6. The summed E-state index contributed by atoms with van der Waals surface area (Å²) in [6, 6.07) is 14.1. The first-order valence-corrected chi connectivity index (χ1v) is 13.1. The van der Waals surface area contributed by atoms with Gasteiger partial charge in [0.15, 0.2) is 0 Å². The van der Waals surface area contributed by atoms with Gasteiger partial charge < -0.3 is 20.1 Å². The fourth-order valence-electron chi connectivity index (χ4n) is 3.88. The molecule has 0 radical (unpaired) electrons. The molecule has 0 aliphatic carbocycles. The quantitative estimate of drug-likeness (QED) is 0.487. The number of halogens is 1. The van der Waals surface area contributed by atoms with Crippen molar-refractivity contribution in [3.05, 3.63) is 64.7 Å². The van der Waals surface area contributed by atoms with Gasteiger partial charge in [0, 0.05) is 19.6 Å². The highest BCUT2D eigenvalue weighted by molar-refractivity contribution is 7.98. The van der Waals surface area contributed by atoms with Gasteiger partial charge in [0.05, 0.1) is 37.0 Å². The minimum absolute atomic E-state index is 0.0146. The number of thioether (sulfide) groups is 1. The van der Waals surface area contributed by atoms with Crippen LogP contribution in [0.4, 0.5) is 0 Å². The summed E-state index contributed by atoms with van der Waals surface area (Å²) in [6.45, 7) is 3.30. The minimum atomic E-state index is -0.655. The van der Waals surface area contributed by atoms with Crippen molar-refractivity contribution in [2.75, 3.05) is 52.0 Å². The van der Waals surface area contributed by atoms with Crippen LogP contribution in [0.2, 0.25) is 5.02 Å². The van der Waals surface area contributed by atoms with E-state index in [-0.39, 0.29) is 17.9 Å². The van der Waals surface area contributed by atoms with E-state index in [4.69, 9.17) is 21.1 Å². The molecule has 2 aromatic rings. The maximum Gasteiger partial charge on any atom is 0.253 e. The van der Waals surface area contributed by atoms with Gasteiger partial charge in [-0.1, -0.05) is 35.9 Å². The molecule has 7 nitrogen and oxygen atoms in total. The van der Waals surface area contributed by atoms with Crippen LogP contribution in [0.15, 0.2) is 48.5 Å². The second-order valence-electron chi connectivity index (χ2n) is 7.97. The van der Waals surface area contributed by atoms with Crippen LogP contribution in [0.3, 0.4) is 0 Å². The summed E-state index contributed by atoms with van der Waals surface area (Å²) in [7, 11) is 1.64. The van der Waals surface area contributed by atoms with Gasteiger partial charge in [-0.05, 0) is 48.3 Å². The average Bonchev–Trinajstić information content (AvgIpc) is 2.87. The Bertz CT molecular complexity index is 938. The molecule has 34 heavy (non-hydrogen) atoms. The molecule has 2 amide bonds. The number of carbonyl (C=O) groups is 2. The number of amides is 2. The predicted octanol–water partition coefficient (Wildman–Crippen LogP) is 3.39. The molecule has 0 bridgehead atoms. The number of rotatable bonds is 11. The Morgan fingerprint density at radius 1 is 1.15 bits per heavy atom. The van der Waals surface area contributed by atoms with E-state index in [9.17, 15) is 9.59 Å². The summed E-state index contributed by atoms with van der Waals surface area (Å²) in [5, 5.41) is 6.30. The lowest BCUT2D eigenvalue weighted by molar-refractivity contribution is -0.123. The Hall–Kier alpha value is -2.26. The van der Waals surface area contributed by atoms with Crippen molar-refractivity contribution in [2.45, 2.75) is 18.5 Å². The summed E-state index contributed by atoms with van der Waals surface area (Å²) in [6.07, 6.45) is 2.50. The number of hydrogen-bond donors (Lipinski definition) is 2. The van der Waals surface area contributed by atoms with Crippen LogP contribution < -0.4 is 15.4 Å². The lowest BCUT2D eigenvalue weighted by atomic mass is 10.0. The summed E-state index contributed by atoms with van der Waals surface area (Å²) < 4.78 is 10.8. The highest BCUT2D eigenvalue weighted by Gasteiger charge is 2.26. The molecule has 9 heteroatoms. The van der Waals surface area contributed by atoms with E-state index >= 15 is 0 Å². The number of hydrogen-bond acceptors (Lipinski definition) is 6. The molecule has 2 aromatic carbocycles. The molecular formula is C25H32ClN3O4S. The summed E-state index contributed by atoms with van der Waals surface area (Å²) in [5.74, 6) is 0.965. The predicted molar refractivity (Wildman–Crippen MR) is 137 cm³/mol. The molecule has 0 aromatic heterocycles. The van der Waals surface area contributed by atoms with E-state index in [1.54, 1.807) is 43.1 Å². The van der Waals surface area contributed by atoms with E-state index in [0.29, 0.717) is 36.8 Å². The molecule has 0 spiro atoms. The molecule has 1 fully saturated rings. The van der Waals surface area contributed by atoms with E-state index < -0.39 is 6.04 Å². The van der Waals surface area contributed by atoms with E-state index in [1.165, 1.54) is 0 Å². The largest absolute Gasteiger partial charge is 0.497 e. The third-order valence-electron chi connectivity index (χ3n) is 5.81. The van der Waals surface area contributed by atoms with Gasteiger partial charge in [-0.3, -0.25) is 14.5 Å². The Morgan fingerprint density at radius 3 is 2.50 bits per heavy atom. The Morgan fingerprint density at radius 2 is 1.85 bits per heavy atom. The van der Waals surface area contributed by atoms with Crippen molar-refractivity contribution in [3.8, 4) is 5.75 Å². The summed E-state index contributed by atoms with van der Waals surface area (Å²) in [5.41, 5.74) is 1.44. The number of benzene rings is 2. The molecule has 1 heterocycles. The first-order valence-electron chi connectivity index (χ1n) is 11.3. The number of nitrogens with one attached hydrogen (secondary N) is 2. The molecule has 3 rings (SSSR count). The first-order chi connectivity index (χ1) is 16.5. The van der Waals surface area contributed by atoms with Crippen LogP contribution in [-0.4, -0.2) is 74.7 Å². The maximum absolute atomic E-state index is 13.2. The van der Waals surface area contributed by atoms with Crippen molar-refractivity contribution in [1.29, 1.82) is 0 Å². The second-order valence-corrected chi connectivity index (χ2v) is 9.36. The zero-order valence-corrected chi connectivity index (χ0v) is 21.2. The summed E-state index contributed by atoms with van der Waals surface area (Å²) in [4.78, 5) is 28.3. The van der Waals surface area contributed by atoms with Crippen molar-refractivity contribution < 1.29 is 19.1 Å². The van der Waals surface area contributed by atoms with Crippen LogP contribution in [0.1, 0.15) is 28.4 Å². The number of ether oxygens (including phenoxy) is 2. The van der Waals surface area contributed by atoms with E-state index in [0.717, 1.165) is 30.2 Å². The fraction of sp³-hybridized carbons (Fsp3) is 0.440. The lowest BCUT2D eigenvalue weighted by Crippen LogP contribution is -2.50. The van der Waals surface area contributed by atoms with Crippen molar-refractivity contribution in [3.63, 3.8) is 0 Å². The molecule has 2 atom stereocenters. The molecule has 2 N–H and O–H groups in total. The number of nitrogens with zero attached hydrogens (tertiary/aromatic N) is 1. The standard InChI is InChI=1S/C25H32ClN3O4S/c1-32-19-9-7-18(8-10-19)23(29-12-14-33-15-13-29)17-27-25(31)22(11-16-34-2)28-24(30)20-5-3-4-6-21(20)26/h3-10,22-23H,11-17H2,1-2H3,(H,27,31)(H,28,30)/t22-,23-/m0/s1. The number of methoxy groups -OCH3 is 1. The van der Waals surface area contributed by atoms with Crippen LogP contribution >= 0.6 is 23.4 Å². The van der Waals surface area contributed by atoms with Gasteiger partial charge in [0.25, 0.3) is 5.91 Å². The van der Waals surface area contributed by atoms with Crippen molar-refractivity contribution in [2.24, 2.45) is 0 Å². The van der Waals surface area contributed by atoms with Crippen molar-refractivity contribution >= 4 is 35.2 Å². The molecule has 1 saturated heterocycles. The summed E-state index contributed by atoms with van der Waals surface area (Å²) >= 11 is 7.80. The third kappa shape index (κ3) is 7.37. The topological polar surface area (TPSA) is 79.9 Å². The number of morpholine rings is 1. The average molecular weight is 506 g/mol. The van der Waals surface area contributed by atoms with E-state index in [2.05, 4.69) is 15.5 Å². The normalized spacial score (nSPS) is 15.9. The van der Waals surface area contributed by atoms with Gasteiger partial charge in [0.2, 0.25) is 5.91 Å². The first kappa shape index (κ1) is 26.3. The van der Waals surface area contributed by atoms with Crippen LogP contribution in [0.25, 0.3) is 0 Å². The SMILES string of the molecule is COc1ccc([C@H](CNC(=O)[C@H](CCSC)NC(=O)c2ccccc2Cl)N2CCOCC2)cc1. The van der Waals surface area contributed by atoms with Crippen LogP contribution in [-0.2, 0) is 9.53 Å². The Balaban J connectivity index is 1.70. The van der Waals surface area contributed by atoms with Gasteiger partial charge in [-0.15, -0.1) is 0 Å². The van der Waals surface area contributed by atoms with Gasteiger partial charge in [-0.2, -0.15) is 11.8 Å². The Kier molecular flexibility index (Phi) is 10.5.